The molecule has 1 aliphatic rings. The molecule has 0 bridgehead atoms. The molecule has 1 aromatic heterocycles. The highest BCUT2D eigenvalue weighted by atomic mass is 32.2. The second kappa shape index (κ2) is 5.19. The van der Waals surface area contributed by atoms with E-state index in [1.807, 2.05) is 31.5 Å². The van der Waals surface area contributed by atoms with Crippen LogP contribution in [0, 0.1) is 18.3 Å². The fraction of sp³-hybridized carbons (Fsp3) is 0.308. The minimum absolute atomic E-state index is 0.0562. The molecule has 0 spiro atoms. The molecule has 1 aliphatic heterocycles. The molecule has 0 unspecified atom stereocenters. The zero-order chi connectivity index (χ0) is 14.2. The van der Waals surface area contributed by atoms with Crippen LogP contribution in [0.25, 0.3) is 6.08 Å². The smallest absolute Gasteiger partial charge is 0.266 e. The normalized spacial score (nSPS) is 17.4. The Morgan fingerprint density at radius 1 is 1.58 bits per heavy atom. The van der Waals surface area contributed by atoms with Crippen molar-refractivity contribution in [1.82, 2.24) is 9.47 Å². The Bertz CT molecular complexity index is 637. The minimum atomic E-state index is -0.0562. The van der Waals surface area contributed by atoms with Gasteiger partial charge in [0.2, 0.25) is 0 Å². The number of amides is 1. The van der Waals surface area contributed by atoms with Gasteiger partial charge in [-0.25, -0.2) is 0 Å². The Kier molecular flexibility index (Phi) is 3.78. The molecule has 0 atom stereocenters. The van der Waals surface area contributed by atoms with Crippen LogP contribution in [0.15, 0.2) is 11.0 Å². The Morgan fingerprint density at radius 2 is 2.26 bits per heavy atom. The van der Waals surface area contributed by atoms with Gasteiger partial charge < -0.3 is 4.57 Å². The van der Waals surface area contributed by atoms with E-state index in [1.54, 1.807) is 11.0 Å². The first-order valence-corrected chi connectivity index (χ1v) is 7.03. The van der Waals surface area contributed by atoms with Crippen LogP contribution in [0.3, 0.4) is 0 Å². The van der Waals surface area contributed by atoms with Gasteiger partial charge in [0.25, 0.3) is 5.91 Å². The summed E-state index contributed by atoms with van der Waals surface area (Å²) in [4.78, 5) is 14.3. The van der Waals surface area contributed by atoms with E-state index in [0.717, 1.165) is 11.3 Å². The van der Waals surface area contributed by atoms with E-state index in [0.29, 0.717) is 21.5 Å². The van der Waals surface area contributed by atoms with Crippen LogP contribution in [-0.4, -0.2) is 26.2 Å². The molecule has 98 valence electrons. The summed E-state index contributed by atoms with van der Waals surface area (Å²) in [6, 6.07) is 3.91. The molecule has 19 heavy (non-hydrogen) atoms. The topological polar surface area (TPSA) is 49.0 Å². The molecular weight excluding hydrogens is 278 g/mol. The Morgan fingerprint density at radius 3 is 2.74 bits per heavy atom. The summed E-state index contributed by atoms with van der Waals surface area (Å²) in [5.41, 5.74) is 2.42. The van der Waals surface area contributed by atoms with Gasteiger partial charge in [0.05, 0.1) is 4.91 Å². The van der Waals surface area contributed by atoms with Gasteiger partial charge in [-0.2, -0.15) is 5.26 Å². The lowest BCUT2D eigenvalue weighted by atomic mass is 10.2. The number of nitrogens with zero attached hydrogens (tertiary/aromatic N) is 3. The van der Waals surface area contributed by atoms with E-state index >= 15 is 0 Å². The first-order valence-electron chi connectivity index (χ1n) is 5.81. The molecule has 1 amide bonds. The number of hydrogen-bond acceptors (Lipinski definition) is 4. The molecule has 0 aliphatic carbocycles. The number of carbonyl (C=O) groups is 1. The monoisotopic (exact) mass is 291 g/mol. The molecule has 6 heteroatoms. The van der Waals surface area contributed by atoms with Crippen molar-refractivity contribution >= 4 is 40.3 Å². The van der Waals surface area contributed by atoms with Crippen LogP contribution in [0.4, 0.5) is 0 Å². The molecule has 2 rings (SSSR count). The first-order chi connectivity index (χ1) is 8.99. The summed E-state index contributed by atoms with van der Waals surface area (Å²) in [7, 11) is 1.84. The summed E-state index contributed by atoms with van der Waals surface area (Å²) >= 11 is 6.48. The second-order valence-corrected chi connectivity index (χ2v) is 5.84. The number of thiocarbonyl (C=S) groups is 1. The van der Waals surface area contributed by atoms with Gasteiger partial charge in [-0.3, -0.25) is 9.69 Å². The van der Waals surface area contributed by atoms with Crippen molar-refractivity contribution in [3.63, 3.8) is 0 Å². The highest BCUT2D eigenvalue weighted by Gasteiger charge is 2.30. The Labute approximate surface area is 121 Å². The molecular formula is C13H13N3OS2. The summed E-state index contributed by atoms with van der Waals surface area (Å²) < 4.78 is 2.40. The summed E-state index contributed by atoms with van der Waals surface area (Å²) in [5, 5.41) is 9.00. The molecule has 4 nitrogen and oxygen atoms in total. The molecule has 2 heterocycles. The fourth-order valence-electron chi connectivity index (χ4n) is 1.89. The molecule has 1 aromatic rings. The zero-order valence-electron chi connectivity index (χ0n) is 10.9. The zero-order valence-corrected chi connectivity index (χ0v) is 12.6. The highest BCUT2D eigenvalue weighted by Crippen LogP contribution is 2.33. The van der Waals surface area contributed by atoms with Crippen LogP contribution >= 0.6 is 24.0 Å². The number of aromatic nitrogens is 1. The van der Waals surface area contributed by atoms with E-state index < -0.39 is 0 Å². The maximum atomic E-state index is 12.1. The lowest BCUT2D eigenvalue weighted by molar-refractivity contribution is -0.121. The van der Waals surface area contributed by atoms with Gasteiger partial charge in [0.1, 0.15) is 16.1 Å². The van der Waals surface area contributed by atoms with Crippen LogP contribution in [0.2, 0.25) is 0 Å². The Hall–Kier alpha value is -1.58. The number of hydrogen-bond donors (Lipinski definition) is 0. The molecule has 1 saturated heterocycles. The number of thioether (sulfide) groups is 1. The third kappa shape index (κ3) is 2.31. The van der Waals surface area contributed by atoms with Crippen LogP contribution in [0.5, 0.6) is 0 Å². The number of likely N-dealkylation sites (N-methyl/N-ethyl adjacent to an activating group) is 1. The van der Waals surface area contributed by atoms with Crippen molar-refractivity contribution in [2.75, 3.05) is 6.54 Å². The first kappa shape index (κ1) is 13.8. The third-order valence-electron chi connectivity index (χ3n) is 3.17. The average Bonchev–Trinajstić information content (AvgIpc) is 2.81. The Balaban J connectivity index is 2.41. The van der Waals surface area contributed by atoms with Gasteiger partial charge in [-0.05, 0) is 31.6 Å². The lowest BCUT2D eigenvalue weighted by Crippen LogP contribution is -2.27. The molecule has 0 N–H and O–H groups in total. The van der Waals surface area contributed by atoms with E-state index in [1.165, 1.54) is 11.8 Å². The second-order valence-electron chi connectivity index (χ2n) is 4.17. The van der Waals surface area contributed by atoms with E-state index in [9.17, 15) is 4.79 Å². The predicted octanol–water partition coefficient (Wildman–Crippen LogP) is 2.43. The quantitative estimate of drug-likeness (QED) is 0.620. The summed E-state index contributed by atoms with van der Waals surface area (Å²) in [6.45, 7) is 4.40. The molecule has 0 saturated carbocycles. The van der Waals surface area contributed by atoms with Crippen molar-refractivity contribution in [1.29, 1.82) is 5.26 Å². The van der Waals surface area contributed by atoms with E-state index in [4.69, 9.17) is 17.5 Å². The minimum Gasteiger partial charge on any atom is -0.339 e. The summed E-state index contributed by atoms with van der Waals surface area (Å²) in [6.07, 6.45) is 1.81. The van der Waals surface area contributed by atoms with E-state index in [-0.39, 0.29) is 5.91 Å². The fourth-order valence-corrected chi connectivity index (χ4v) is 3.27. The summed E-state index contributed by atoms with van der Waals surface area (Å²) in [5.74, 6) is -0.0562. The van der Waals surface area contributed by atoms with Crippen molar-refractivity contribution in [3.05, 3.63) is 27.9 Å². The number of carbonyl (C=O) groups excluding carboxylic acids is 1. The number of nitriles is 1. The van der Waals surface area contributed by atoms with Gasteiger partial charge in [-0.15, -0.1) is 0 Å². The van der Waals surface area contributed by atoms with Crippen molar-refractivity contribution in [2.45, 2.75) is 13.8 Å². The largest absolute Gasteiger partial charge is 0.339 e. The maximum Gasteiger partial charge on any atom is 0.266 e. The standard InChI is InChI=1S/C13H13N3OS2/c1-4-16-12(17)11(19-13(16)18)6-9-5-10(7-14)15(3)8(9)2/h5-6H,4H2,1-3H3/b11-6-. The average molecular weight is 291 g/mol. The molecule has 1 fully saturated rings. The third-order valence-corrected chi connectivity index (χ3v) is 4.54. The van der Waals surface area contributed by atoms with Gasteiger partial charge in [-0.1, -0.05) is 24.0 Å². The SMILES string of the molecule is CCN1C(=O)/C(=C/c2cc(C#N)n(C)c2C)SC1=S. The van der Waals surface area contributed by atoms with Gasteiger partial charge in [0, 0.05) is 19.3 Å². The van der Waals surface area contributed by atoms with Gasteiger partial charge >= 0.3 is 0 Å². The van der Waals surface area contributed by atoms with E-state index in [2.05, 4.69) is 6.07 Å². The molecule has 0 radical (unpaired) electrons. The highest BCUT2D eigenvalue weighted by molar-refractivity contribution is 8.26. The lowest BCUT2D eigenvalue weighted by Gasteiger charge is -2.09. The van der Waals surface area contributed by atoms with Crippen molar-refractivity contribution < 1.29 is 4.79 Å². The number of rotatable bonds is 2. The van der Waals surface area contributed by atoms with Gasteiger partial charge in [0.15, 0.2) is 0 Å². The van der Waals surface area contributed by atoms with Crippen molar-refractivity contribution in [2.24, 2.45) is 7.05 Å². The maximum absolute atomic E-state index is 12.1. The van der Waals surface area contributed by atoms with Crippen molar-refractivity contribution in [3.8, 4) is 6.07 Å². The predicted molar refractivity (Wildman–Crippen MR) is 80.4 cm³/mol. The van der Waals surface area contributed by atoms with Crippen LogP contribution in [-0.2, 0) is 11.8 Å². The molecule has 0 aromatic carbocycles. The van der Waals surface area contributed by atoms with Crippen LogP contribution in [0.1, 0.15) is 23.9 Å². The van der Waals surface area contributed by atoms with Crippen LogP contribution < -0.4 is 0 Å².